The Labute approximate surface area is 62.0 Å². The van der Waals surface area contributed by atoms with Gasteiger partial charge in [-0.15, -0.1) is 5.10 Å². The molecule has 0 radical (unpaired) electrons. The van der Waals surface area contributed by atoms with E-state index in [1.807, 2.05) is 0 Å². The van der Waals surface area contributed by atoms with Crippen molar-refractivity contribution in [3.05, 3.63) is 11.1 Å². The minimum Gasteiger partial charge on any atom is -0.460 e. The molecule has 0 saturated carbocycles. The Morgan fingerprint density at radius 1 is 1.90 bits per heavy atom. The Kier molecular flexibility index (Phi) is 2.33. The van der Waals surface area contributed by atoms with Gasteiger partial charge >= 0.3 is 5.97 Å². The third-order valence-electron chi connectivity index (χ3n) is 0.825. The van der Waals surface area contributed by atoms with Crippen LogP contribution in [-0.2, 0) is 16.1 Å². The summed E-state index contributed by atoms with van der Waals surface area (Å²) in [5.74, 6) is -0.284. The Hall–Kier alpha value is -0.970. The zero-order valence-electron chi connectivity index (χ0n) is 5.40. The number of aromatic nitrogens is 2. The number of ether oxygens (including phenoxy) is 1. The summed E-state index contributed by atoms with van der Waals surface area (Å²) in [5, 5.41) is 3.58. The highest BCUT2D eigenvalue weighted by Gasteiger charge is 1.97. The van der Waals surface area contributed by atoms with Crippen molar-refractivity contribution in [2.75, 3.05) is 0 Å². The minimum absolute atomic E-state index is 0.284. The van der Waals surface area contributed by atoms with Crippen LogP contribution in [0.15, 0.2) is 6.20 Å². The predicted molar refractivity (Wildman–Crippen MR) is 35.4 cm³/mol. The van der Waals surface area contributed by atoms with Gasteiger partial charge < -0.3 is 4.74 Å². The number of hydrogen-bond donors (Lipinski definition) is 0. The van der Waals surface area contributed by atoms with Crippen LogP contribution in [0, 0.1) is 0 Å². The van der Waals surface area contributed by atoms with Crippen molar-refractivity contribution in [2.45, 2.75) is 13.5 Å². The highest BCUT2D eigenvalue weighted by molar-refractivity contribution is 7.05. The first-order valence-corrected chi connectivity index (χ1v) is 3.46. The molecule has 0 spiro atoms. The summed E-state index contributed by atoms with van der Waals surface area (Å²) in [6, 6.07) is 0. The average Bonchev–Trinajstić information content (AvgIpc) is 2.34. The molecule has 0 aliphatic rings. The monoisotopic (exact) mass is 158 g/mol. The largest absolute Gasteiger partial charge is 0.460 e. The maximum absolute atomic E-state index is 10.3. The average molecular weight is 158 g/mol. The van der Waals surface area contributed by atoms with Gasteiger partial charge in [0.05, 0.1) is 11.1 Å². The molecule has 5 heteroatoms. The van der Waals surface area contributed by atoms with Crippen molar-refractivity contribution in [1.82, 2.24) is 9.59 Å². The summed E-state index contributed by atoms with van der Waals surface area (Å²) in [4.78, 5) is 11.1. The molecule has 0 atom stereocenters. The van der Waals surface area contributed by atoms with Crippen LogP contribution in [0.4, 0.5) is 0 Å². The topological polar surface area (TPSA) is 52.1 Å². The third-order valence-corrected chi connectivity index (χ3v) is 1.46. The molecule has 0 fully saturated rings. The molecule has 0 amide bonds. The van der Waals surface area contributed by atoms with Crippen molar-refractivity contribution in [2.24, 2.45) is 0 Å². The van der Waals surface area contributed by atoms with E-state index in [4.69, 9.17) is 0 Å². The molecule has 0 N–H and O–H groups in total. The second-order valence-electron chi connectivity index (χ2n) is 1.66. The molecule has 1 aromatic heterocycles. The lowest BCUT2D eigenvalue weighted by atomic mass is 10.6. The lowest BCUT2D eigenvalue weighted by Gasteiger charge is -1.94. The molecule has 1 heterocycles. The van der Waals surface area contributed by atoms with Crippen molar-refractivity contribution in [3.63, 3.8) is 0 Å². The maximum Gasteiger partial charge on any atom is 0.302 e. The van der Waals surface area contributed by atoms with E-state index in [0.29, 0.717) is 0 Å². The van der Waals surface area contributed by atoms with Crippen LogP contribution < -0.4 is 0 Å². The van der Waals surface area contributed by atoms with Gasteiger partial charge in [-0.1, -0.05) is 4.49 Å². The molecule has 10 heavy (non-hydrogen) atoms. The van der Waals surface area contributed by atoms with Gasteiger partial charge in [0.15, 0.2) is 0 Å². The van der Waals surface area contributed by atoms with Gasteiger partial charge in [0.25, 0.3) is 0 Å². The summed E-state index contributed by atoms with van der Waals surface area (Å²) < 4.78 is 8.28. The smallest absolute Gasteiger partial charge is 0.302 e. The van der Waals surface area contributed by atoms with Crippen LogP contribution in [0.2, 0.25) is 0 Å². The van der Waals surface area contributed by atoms with Crippen molar-refractivity contribution >= 4 is 17.5 Å². The van der Waals surface area contributed by atoms with E-state index in [9.17, 15) is 4.79 Å². The quantitative estimate of drug-likeness (QED) is 0.591. The van der Waals surface area contributed by atoms with E-state index >= 15 is 0 Å². The van der Waals surface area contributed by atoms with Crippen LogP contribution in [-0.4, -0.2) is 15.6 Å². The minimum atomic E-state index is -0.284. The predicted octanol–water partition coefficient (Wildman–Crippen LogP) is 0.601. The number of carbonyl (C=O) groups excluding carboxylic acids is 1. The summed E-state index contributed by atoms with van der Waals surface area (Å²) in [6.07, 6.45) is 1.58. The van der Waals surface area contributed by atoms with E-state index in [0.717, 1.165) is 4.88 Å². The van der Waals surface area contributed by atoms with E-state index in [1.165, 1.54) is 18.5 Å². The van der Waals surface area contributed by atoms with Crippen LogP contribution in [0.5, 0.6) is 0 Å². The zero-order chi connectivity index (χ0) is 7.40. The Morgan fingerprint density at radius 2 is 2.70 bits per heavy atom. The fourth-order valence-electron chi connectivity index (χ4n) is 0.424. The second kappa shape index (κ2) is 3.26. The number of rotatable bonds is 2. The Morgan fingerprint density at radius 3 is 3.20 bits per heavy atom. The molecule has 0 bridgehead atoms. The van der Waals surface area contributed by atoms with Crippen molar-refractivity contribution in [1.29, 1.82) is 0 Å². The van der Waals surface area contributed by atoms with E-state index in [-0.39, 0.29) is 12.6 Å². The second-order valence-corrected chi connectivity index (χ2v) is 2.53. The molecule has 0 aliphatic carbocycles. The summed E-state index contributed by atoms with van der Waals surface area (Å²) >= 11 is 1.23. The first-order valence-electron chi connectivity index (χ1n) is 2.68. The molecule has 0 aromatic carbocycles. The lowest BCUT2D eigenvalue weighted by Crippen LogP contribution is -1.96. The van der Waals surface area contributed by atoms with Crippen LogP contribution in [0.25, 0.3) is 0 Å². The van der Waals surface area contributed by atoms with E-state index in [2.05, 4.69) is 14.3 Å². The molecule has 1 rings (SSSR count). The van der Waals surface area contributed by atoms with Gasteiger partial charge in [0.1, 0.15) is 6.61 Å². The van der Waals surface area contributed by atoms with Gasteiger partial charge in [0.2, 0.25) is 0 Å². The molecular weight excluding hydrogens is 152 g/mol. The summed E-state index contributed by atoms with van der Waals surface area (Å²) in [5.41, 5.74) is 0. The number of hydrogen-bond acceptors (Lipinski definition) is 5. The van der Waals surface area contributed by atoms with Gasteiger partial charge in [-0.3, -0.25) is 4.79 Å². The molecular formula is C5H6N2O2S. The number of esters is 1. The van der Waals surface area contributed by atoms with Crippen LogP contribution in [0.1, 0.15) is 11.8 Å². The first kappa shape index (κ1) is 7.14. The van der Waals surface area contributed by atoms with Crippen molar-refractivity contribution in [3.8, 4) is 0 Å². The Bertz CT molecular complexity index is 209. The Balaban J connectivity index is 2.35. The molecule has 4 nitrogen and oxygen atoms in total. The number of nitrogens with zero attached hydrogens (tertiary/aromatic N) is 2. The normalized spacial score (nSPS) is 9.30. The van der Waals surface area contributed by atoms with Crippen LogP contribution in [0.3, 0.4) is 0 Å². The van der Waals surface area contributed by atoms with Gasteiger partial charge in [-0.05, 0) is 11.5 Å². The van der Waals surface area contributed by atoms with Crippen LogP contribution >= 0.6 is 11.5 Å². The highest BCUT2D eigenvalue weighted by atomic mass is 32.1. The van der Waals surface area contributed by atoms with Gasteiger partial charge in [-0.2, -0.15) is 0 Å². The zero-order valence-corrected chi connectivity index (χ0v) is 6.22. The van der Waals surface area contributed by atoms with Gasteiger partial charge in [-0.25, -0.2) is 0 Å². The summed E-state index contributed by atoms with van der Waals surface area (Å²) in [7, 11) is 0. The molecule has 0 aliphatic heterocycles. The first-order chi connectivity index (χ1) is 4.79. The SMILES string of the molecule is CC(=O)OCc1cnns1. The number of carbonyl (C=O) groups is 1. The molecule has 0 unspecified atom stereocenters. The summed E-state index contributed by atoms with van der Waals surface area (Å²) in [6.45, 7) is 1.65. The molecule has 1 aromatic rings. The molecule has 54 valence electrons. The fraction of sp³-hybridized carbons (Fsp3) is 0.400. The fourth-order valence-corrected chi connectivity index (χ4v) is 0.829. The maximum atomic E-state index is 10.3. The van der Waals surface area contributed by atoms with Crippen molar-refractivity contribution < 1.29 is 9.53 Å². The third kappa shape index (κ3) is 2.10. The molecule has 0 saturated heterocycles. The van der Waals surface area contributed by atoms with E-state index in [1.54, 1.807) is 6.20 Å². The standard InChI is InChI=1S/C5H6N2O2S/c1-4(8)9-3-5-2-6-7-10-5/h2H,3H2,1H3. The highest BCUT2D eigenvalue weighted by Crippen LogP contribution is 2.02. The van der Waals surface area contributed by atoms with E-state index < -0.39 is 0 Å². The lowest BCUT2D eigenvalue weighted by molar-refractivity contribution is -0.142. The van der Waals surface area contributed by atoms with Gasteiger partial charge in [0, 0.05) is 6.92 Å².